The molecule has 3 rings (SSSR count). The van der Waals surface area contributed by atoms with Gasteiger partial charge in [0.1, 0.15) is 5.75 Å². The lowest BCUT2D eigenvalue weighted by Crippen LogP contribution is -2.16. The summed E-state index contributed by atoms with van der Waals surface area (Å²) in [5.74, 6) is 0.950. The molecular formula is C16H17N3O2. The highest BCUT2D eigenvalue weighted by Gasteiger charge is 2.18. The second-order valence-electron chi connectivity index (χ2n) is 5.96. The molecule has 21 heavy (non-hydrogen) atoms. The van der Waals surface area contributed by atoms with Gasteiger partial charge in [0.25, 0.3) is 5.56 Å². The van der Waals surface area contributed by atoms with E-state index in [0.717, 1.165) is 5.69 Å². The van der Waals surface area contributed by atoms with Crippen LogP contribution in [0.5, 0.6) is 11.6 Å². The number of benzene rings is 1. The molecule has 0 aliphatic carbocycles. The number of H-pyrrole nitrogens is 1. The number of hydrogen-bond acceptors (Lipinski definition) is 3. The highest BCUT2D eigenvalue weighted by Crippen LogP contribution is 2.22. The number of ether oxygens (including phenoxy) is 1. The lowest BCUT2D eigenvalue weighted by molar-refractivity contribution is 0.461. The van der Waals surface area contributed by atoms with Gasteiger partial charge in [0.05, 0.1) is 6.07 Å². The minimum atomic E-state index is -0.193. The van der Waals surface area contributed by atoms with Crippen LogP contribution >= 0.6 is 0 Å². The first kappa shape index (κ1) is 13.4. The summed E-state index contributed by atoms with van der Waals surface area (Å²) in [5, 5.41) is 3.08. The number of hydrogen-bond donors (Lipinski definition) is 1. The molecule has 0 spiro atoms. The summed E-state index contributed by atoms with van der Waals surface area (Å²) < 4.78 is 7.05. The van der Waals surface area contributed by atoms with Gasteiger partial charge in [-0.3, -0.25) is 9.89 Å². The van der Waals surface area contributed by atoms with E-state index in [1.54, 1.807) is 0 Å². The predicted octanol–water partition coefficient (Wildman–Crippen LogP) is 3.11. The normalized spacial score (nSPS) is 11.8. The van der Waals surface area contributed by atoms with Crippen LogP contribution < -0.4 is 10.3 Å². The SMILES string of the molecule is CC(C)(C)c1cc2nc(Oc3ccccc3)cc(=O)n2[nH]1. The van der Waals surface area contributed by atoms with Crippen LogP contribution in [0, 0.1) is 0 Å². The Balaban J connectivity index is 2.05. The fourth-order valence-corrected chi connectivity index (χ4v) is 2.02. The zero-order valence-electron chi connectivity index (χ0n) is 12.3. The number of aromatic amines is 1. The quantitative estimate of drug-likeness (QED) is 0.786. The Morgan fingerprint density at radius 3 is 2.52 bits per heavy atom. The van der Waals surface area contributed by atoms with Gasteiger partial charge < -0.3 is 4.74 Å². The summed E-state index contributed by atoms with van der Waals surface area (Å²) in [4.78, 5) is 16.5. The molecule has 0 radical (unpaired) electrons. The molecule has 0 saturated heterocycles. The van der Waals surface area contributed by atoms with E-state index in [-0.39, 0.29) is 11.0 Å². The number of para-hydroxylation sites is 1. The molecule has 1 N–H and O–H groups in total. The summed E-state index contributed by atoms with van der Waals surface area (Å²) in [7, 11) is 0. The molecule has 5 heteroatoms. The second kappa shape index (κ2) is 4.77. The number of aromatic nitrogens is 3. The molecular weight excluding hydrogens is 266 g/mol. The predicted molar refractivity (Wildman–Crippen MR) is 81.0 cm³/mol. The number of fused-ring (bicyclic) bond motifs is 1. The molecule has 0 atom stereocenters. The molecule has 0 aliphatic heterocycles. The minimum Gasteiger partial charge on any atom is -0.439 e. The molecule has 0 bridgehead atoms. The molecule has 108 valence electrons. The van der Waals surface area contributed by atoms with Gasteiger partial charge in [0.15, 0.2) is 5.65 Å². The van der Waals surface area contributed by atoms with Crippen molar-refractivity contribution in [2.45, 2.75) is 26.2 Å². The zero-order valence-corrected chi connectivity index (χ0v) is 12.3. The molecule has 2 heterocycles. The van der Waals surface area contributed by atoms with E-state index in [1.807, 2.05) is 36.4 Å². The summed E-state index contributed by atoms with van der Waals surface area (Å²) in [6.07, 6.45) is 0. The van der Waals surface area contributed by atoms with Crippen molar-refractivity contribution in [3.63, 3.8) is 0 Å². The van der Waals surface area contributed by atoms with Crippen LogP contribution in [0.3, 0.4) is 0 Å². The maximum absolute atomic E-state index is 12.1. The van der Waals surface area contributed by atoms with Gasteiger partial charge in [0.2, 0.25) is 5.88 Å². The number of nitrogens with one attached hydrogen (secondary N) is 1. The van der Waals surface area contributed by atoms with Crippen LogP contribution in [0.15, 0.2) is 47.3 Å². The molecule has 0 aliphatic rings. The van der Waals surface area contributed by atoms with Crippen LogP contribution in [0.2, 0.25) is 0 Å². The molecule has 3 aromatic rings. The van der Waals surface area contributed by atoms with E-state index in [1.165, 1.54) is 10.6 Å². The van der Waals surface area contributed by atoms with Gasteiger partial charge in [-0.15, -0.1) is 0 Å². The van der Waals surface area contributed by atoms with Crippen LogP contribution in [0.1, 0.15) is 26.5 Å². The monoisotopic (exact) mass is 283 g/mol. The molecule has 2 aromatic heterocycles. The third-order valence-corrected chi connectivity index (χ3v) is 3.20. The van der Waals surface area contributed by atoms with Gasteiger partial charge in [-0.05, 0) is 12.1 Å². The number of rotatable bonds is 2. The van der Waals surface area contributed by atoms with E-state index in [2.05, 4.69) is 30.9 Å². The van der Waals surface area contributed by atoms with Crippen LogP contribution in [0.25, 0.3) is 5.65 Å². The molecule has 0 amide bonds. The van der Waals surface area contributed by atoms with Crippen molar-refractivity contribution in [1.82, 2.24) is 14.6 Å². The highest BCUT2D eigenvalue weighted by atomic mass is 16.5. The Labute approximate surface area is 122 Å². The molecule has 0 fully saturated rings. The second-order valence-corrected chi connectivity index (χ2v) is 5.96. The van der Waals surface area contributed by atoms with Crippen LogP contribution in [-0.2, 0) is 5.41 Å². The molecule has 0 saturated carbocycles. The van der Waals surface area contributed by atoms with Crippen molar-refractivity contribution in [3.05, 3.63) is 58.5 Å². The highest BCUT2D eigenvalue weighted by molar-refractivity contribution is 5.43. The minimum absolute atomic E-state index is 0.0827. The Morgan fingerprint density at radius 1 is 1.14 bits per heavy atom. The zero-order chi connectivity index (χ0) is 15.0. The summed E-state index contributed by atoms with van der Waals surface area (Å²) in [5.41, 5.74) is 1.23. The first-order valence-electron chi connectivity index (χ1n) is 6.80. The standard InChI is InChI=1S/C16H17N3O2/c1-16(2,3)12-9-13-17-14(10-15(20)19(13)18-12)21-11-7-5-4-6-8-11/h4-10,18H,1-3H3. The average Bonchev–Trinajstić information content (AvgIpc) is 2.84. The van der Waals surface area contributed by atoms with Gasteiger partial charge in [0, 0.05) is 17.2 Å². The lowest BCUT2D eigenvalue weighted by Gasteiger charge is -2.14. The van der Waals surface area contributed by atoms with Crippen molar-refractivity contribution < 1.29 is 4.74 Å². The third-order valence-electron chi connectivity index (χ3n) is 3.20. The van der Waals surface area contributed by atoms with E-state index >= 15 is 0 Å². The summed E-state index contributed by atoms with van der Waals surface area (Å²) >= 11 is 0. The molecule has 5 nitrogen and oxygen atoms in total. The molecule has 1 aromatic carbocycles. The third kappa shape index (κ3) is 2.67. The Bertz CT molecular complexity index is 826. The van der Waals surface area contributed by atoms with Crippen molar-refractivity contribution >= 4 is 5.65 Å². The van der Waals surface area contributed by atoms with E-state index in [0.29, 0.717) is 17.3 Å². The van der Waals surface area contributed by atoms with E-state index < -0.39 is 0 Å². The maximum atomic E-state index is 12.1. The van der Waals surface area contributed by atoms with Crippen molar-refractivity contribution in [1.29, 1.82) is 0 Å². The van der Waals surface area contributed by atoms with Gasteiger partial charge in [-0.25, -0.2) is 4.52 Å². The first-order chi connectivity index (χ1) is 9.93. The first-order valence-corrected chi connectivity index (χ1v) is 6.80. The van der Waals surface area contributed by atoms with Crippen LogP contribution in [0.4, 0.5) is 0 Å². The molecule has 0 unspecified atom stereocenters. The average molecular weight is 283 g/mol. The van der Waals surface area contributed by atoms with Crippen LogP contribution in [-0.4, -0.2) is 14.6 Å². The largest absolute Gasteiger partial charge is 0.439 e. The summed E-state index contributed by atoms with van der Waals surface area (Å²) in [6.45, 7) is 6.22. The van der Waals surface area contributed by atoms with E-state index in [4.69, 9.17) is 4.74 Å². The topological polar surface area (TPSA) is 59.4 Å². The Hall–Kier alpha value is -2.56. The van der Waals surface area contributed by atoms with Crippen molar-refractivity contribution in [2.75, 3.05) is 0 Å². The number of nitrogens with zero attached hydrogens (tertiary/aromatic N) is 2. The van der Waals surface area contributed by atoms with Gasteiger partial charge in [-0.1, -0.05) is 39.0 Å². The fourth-order valence-electron chi connectivity index (χ4n) is 2.02. The summed E-state index contributed by atoms with van der Waals surface area (Å²) in [6, 6.07) is 12.5. The van der Waals surface area contributed by atoms with Gasteiger partial charge in [-0.2, -0.15) is 4.98 Å². The van der Waals surface area contributed by atoms with Crippen molar-refractivity contribution in [2.24, 2.45) is 0 Å². The van der Waals surface area contributed by atoms with Crippen molar-refractivity contribution in [3.8, 4) is 11.6 Å². The lowest BCUT2D eigenvalue weighted by atomic mass is 9.93. The smallest absolute Gasteiger partial charge is 0.276 e. The maximum Gasteiger partial charge on any atom is 0.276 e. The Morgan fingerprint density at radius 2 is 1.86 bits per heavy atom. The van der Waals surface area contributed by atoms with Gasteiger partial charge >= 0.3 is 0 Å². The Kier molecular flexibility index (Phi) is 3.05. The van der Waals surface area contributed by atoms with E-state index in [9.17, 15) is 4.79 Å². The fraction of sp³-hybridized carbons (Fsp3) is 0.250.